The molecule has 2 saturated heterocycles. The summed E-state index contributed by atoms with van der Waals surface area (Å²) in [6, 6.07) is -0.0504. The first-order valence-electron chi connectivity index (χ1n) is 8.82. The Kier molecular flexibility index (Phi) is 4.46. The van der Waals surface area contributed by atoms with E-state index in [1.165, 1.54) is 11.2 Å². The third-order valence-electron chi connectivity index (χ3n) is 5.07. The molecule has 0 radical (unpaired) electrons. The van der Waals surface area contributed by atoms with Crippen LogP contribution in [0.4, 0.5) is 10.6 Å². The molecule has 2 aliphatic rings. The molecule has 1 unspecified atom stereocenters. The zero-order valence-corrected chi connectivity index (χ0v) is 14.3. The van der Waals surface area contributed by atoms with E-state index in [1.54, 1.807) is 6.20 Å². The lowest BCUT2D eigenvalue weighted by Crippen LogP contribution is -2.44. The van der Waals surface area contributed by atoms with E-state index < -0.39 is 6.09 Å². The summed E-state index contributed by atoms with van der Waals surface area (Å²) in [5.41, 5.74) is 1.15. The molecular formula is C17H21N5O4. The van der Waals surface area contributed by atoms with Crippen molar-refractivity contribution in [3.63, 3.8) is 0 Å². The molecule has 138 valence electrons. The SMILES string of the molecule is O=C(c1c[nH]c2ncnc(N[C@@H]3CCCN(C(=O)O)C3)c12)C1CCOC1. The van der Waals surface area contributed by atoms with E-state index in [0.29, 0.717) is 48.7 Å². The number of carboxylic acid groups (broad SMARTS) is 1. The molecule has 4 rings (SSSR count). The number of H-pyrrole nitrogens is 1. The van der Waals surface area contributed by atoms with E-state index in [4.69, 9.17) is 4.74 Å². The highest BCUT2D eigenvalue weighted by Crippen LogP contribution is 2.29. The Hall–Kier alpha value is -2.68. The third kappa shape index (κ3) is 3.10. The maximum Gasteiger partial charge on any atom is 0.407 e. The van der Waals surface area contributed by atoms with Crippen LogP contribution >= 0.6 is 0 Å². The molecule has 9 nitrogen and oxygen atoms in total. The minimum absolute atomic E-state index is 0.0300. The van der Waals surface area contributed by atoms with E-state index in [0.717, 1.165) is 19.3 Å². The predicted octanol–water partition coefficient (Wildman–Crippen LogP) is 1.73. The van der Waals surface area contributed by atoms with E-state index in [-0.39, 0.29) is 17.7 Å². The van der Waals surface area contributed by atoms with Crippen LogP contribution < -0.4 is 5.32 Å². The van der Waals surface area contributed by atoms with Gasteiger partial charge in [-0.25, -0.2) is 14.8 Å². The Balaban J connectivity index is 1.61. The lowest BCUT2D eigenvalue weighted by atomic mass is 9.97. The van der Waals surface area contributed by atoms with Gasteiger partial charge in [-0.15, -0.1) is 0 Å². The van der Waals surface area contributed by atoms with Crippen LogP contribution in [-0.4, -0.2) is 69.2 Å². The van der Waals surface area contributed by atoms with Crippen molar-refractivity contribution in [2.24, 2.45) is 5.92 Å². The van der Waals surface area contributed by atoms with Crippen LogP contribution in [-0.2, 0) is 4.74 Å². The fraction of sp³-hybridized carbons (Fsp3) is 0.529. The highest BCUT2D eigenvalue weighted by atomic mass is 16.5. The molecule has 0 spiro atoms. The molecule has 0 bridgehead atoms. The maximum absolute atomic E-state index is 12.8. The fourth-order valence-corrected chi connectivity index (χ4v) is 3.69. The summed E-state index contributed by atoms with van der Waals surface area (Å²) in [7, 11) is 0. The molecule has 0 aliphatic carbocycles. The number of aromatic amines is 1. The summed E-state index contributed by atoms with van der Waals surface area (Å²) in [6.45, 7) is 1.99. The standard InChI is InChI=1S/C17H21N5O4/c23-14(10-3-5-26-8-10)12-6-18-15-13(12)16(20-9-19-15)21-11-2-1-4-22(7-11)17(24)25/h6,9-11H,1-5,7-8H2,(H,24,25)(H2,18,19,20,21)/t10?,11-/m1/s1. The predicted molar refractivity (Wildman–Crippen MR) is 93.4 cm³/mol. The first kappa shape index (κ1) is 16.8. The largest absolute Gasteiger partial charge is 0.465 e. The molecule has 2 aromatic rings. The molecule has 1 amide bonds. The molecule has 2 atom stereocenters. The fourth-order valence-electron chi connectivity index (χ4n) is 3.69. The van der Waals surface area contributed by atoms with Crippen LogP contribution in [0.5, 0.6) is 0 Å². The number of carbonyl (C=O) groups is 2. The summed E-state index contributed by atoms with van der Waals surface area (Å²) >= 11 is 0. The number of hydrogen-bond donors (Lipinski definition) is 3. The van der Waals surface area contributed by atoms with E-state index in [2.05, 4.69) is 20.3 Å². The molecule has 9 heteroatoms. The molecule has 3 N–H and O–H groups in total. The van der Waals surface area contributed by atoms with E-state index in [9.17, 15) is 14.7 Å². The average Bonchev–Trinajstić information content (AvgIpc) is 3.32. The van der Waals surface area contributed by atoms with Crippen molar-refractivity contribution in [1.29, 1.82) is 0 Å². The Labute approximate surface area is 149 Å². The van der Waals surface area contributed by atoms with Crippen LogP contribution in [0.1, 0.15) is 29.6 Å². The zero-order valence-electron chi connectivity index (χ0n) is 14.3. The number of nitrogens with one attached hydrogen (secondary N) is 2. The van der Waals surface area contributed by atoms with Gasteiger partial charge in [-0.1, -0.05) is 0 Å². The first-order chi connectivity index (χ1) is 12.6. The summed E-state index contributed by atoms with van der Waals surface area (Å²) < 4.78 is 5.34. The molecule has 0 aromatic carbocycles. The molecule has 26 heavy (non-hydrogen) atoms. The number of likely N-dealkylation sites (tertiary alicyclic amines) is 1. The topological polar surface area (TPSA) is 120 Å². The van der Waals surface area contributed by atoms with Crippen molar-refractivity contribution in [1.82, 2.24) is 19.9 Å². The van der Waals surface area contributed by atoms with Gasteiger partial charge in [0.1, 0.15) is 17.8 Å². The summed E-state index contributed by atoms with van der Waals surface area (Å²) in [5.74, 6) is 0.456. The number of amides is 1. The van der Waals surface area contributed by atoms with Crippen LogP contribution in [0.25, 0.3) is 11.0 Å². The Bertz CT molecular complexity index is 830. The number of rotatable bonds is 4. The lowest BCUT2D eigenvalue weighted by Gasteiger charge is -2.31. The highest BCUT2D eigenvalue weighted by Gasteiger charge is 2.29. The monoisotopic (exact) mass is 359 g/mol. The molecule has 2 aromatic heterocycles. The Morgan fingerprint density at radius 3 is 3.00 bits per heavy atom. The number of carbonyl (C=O) groups excluding carboxylic acids is 1. The quantitative estimate of drug-likeness (QED) is 0.711. The number of piperidine rings is 1. The third-order valence-corrected chi connectivity index (χ3v) is 5.07. The highest BCUT2D eigenvalue weighted by molar-refractivity contribution is 6.11. The van der Waals surface area contributed by atoms with E-state index in [1.807, 2.05) is 0 Å². The maximum atomic E-state index is 12.8. The number of Topliss-reactive ketones (excluding diaryl/α,β-unsaturated/α-hetero) is 1. The number of fused-ring (bicyclic) bond motifs is 1. The number of hydrogen-bond acceptors (Lipinski definition) is 6. The van der Waals surface area contributed by atoms with Gasteiger partial charge in [0.15, 0.2) is 5.78 Å². The van der Waals surface area contributed by atoms with Gasteiger partial charge in [-0.2, -0.15) is 0 Å². The number of nitrogens with zero attached hydrogens (tertiary/aromatic N) is 3. The number of aromatic nitrogens is 3. The van der Waals surface area contributed by atoms with Crippen molar-refractivity contribution in [3.05, 3.63) is 18.1 Å². The van der Waals surface area contributed by atoms with Gasteiger partial charge in [0, 0.05) is 43.4 Å². The van der Waals surface area contributed by atoms with Gasteiger partial charge < -0.3 is 25.0 Å². The number of ether oxygens (including phenoxy) is 1. The van der Waals surface area contributed by atoms with Crippen LogP contribution in [0.3, 0.4) is 0 Å². The van der Waals surface area contributed by atoms with Gasteiger partial charge in [0.05, 0.1) is 12.0 Å². The normalized spacial score (nSPS) is 23.3. The minimum Gasteiger partial charge on any atom is -0.465 e. The second-order valence-corrected chi connectivity index (χ2v) is 6.79. The van der Waals surface area contributed by atoms with Gasteiger partial charge >= 0.3 is 6.09 Å². The summed E-state index contributed by atoms with van der Waals surface area (Å²) in [6.07, 6.45) is 4.55. The van der Waals surface area contributed by atoms with Crippen molar-refractivity contribution < 1.29 is 19.4 Å². The molecule has 2 fully saturated rings. The Morgan fingerprint density at radius 1 is 1.35 bits per heavy atom. The van der Waals surface area contributed by atoms with Crippen LogP contribution in [0.2, 0.25) is 0 Å². The summed E-state index contributed by atoms with van der Waals surface area (Å²) in [5, 5.41) is 13.2. The Morgan fingerprint density at radius 2 is 2.23 bits per heavy atom. The van der Waals surface area contributed by atoms with Crippen LogP contribution in [0, 0.1) is 5.92 Å². The van der Waals surface area contributed by atoms with E-state index >= 15 is 0 Å². The van der Waals surface area contributed by atoms with Gasteiger partial charge in [-0.05, 0) is 19.3 Å². The van der Waals surface area contributed by atoms with Crippen molar-refractivity contribution in [2.45, 2.75) is 25.3 Å². The second-order valence-electron chi connectivity index (χ2n) is 6.79. The first-order valence-corrected chi connectivity index (χ1v) is 8.82. The second kappa shape index (κ2) is 6.91. The number of anilines is 1. The smallest absolute Gasteiger partial charge is 0.407 e. The average molecular weight is 359 g/mol. The molecule has 0 saturated carbocycles. The number of ketones is 1. The van der Waals surface area contributed by atoms with Crippen molar-refractivity contribution >= 4 is 28.7 Å². The lowest BCUT2D eigenvalue weighted by molar-refractivity contribution is 0.0902. The van der Waals surface area contributed by atoms with Gasteiger partial charge in [-0.3, -0.25) is 4.79 Å². The molecule has 2 aliphatic heterocycles. The van der Waals surface area contributed by atoms with Gasteiger partial charge in [0.2, 0.25) is 0 Å². The van der Waals surface area contributed by atoms with Crippen molar-refractivity contribution in [3.8, 4) is 0 Å². The van der Waals surface area contributed by atoms with Crippen molar-refractivity contribution in [2.75, 3.05) is 31.6 Å². The molecule has 4 heterocycles. The molecular weight excluding hydrogens is 338 g/mol. The van der Waals surface area contributed by atoms with Crippen LogP contribution in [0.15, 0.2) is 12.5 Å². The zero-order chi connectivity index (χ0) is 18.1. The summed E-state index contributed by atoms with van der Waals surface area (Å²) in [4.78, 5) is 37.0. The van der Waals surface area contributed by atoms with Gasteiger partial charge in [0.25, 0.3) is 0 Å². The minimum atomic E-state index is -0.914.